The summed E-state index contributed by atoms with van der Waals surface area (Å²) in [7, 11) is 0. The molecule has 0 saturated heterocycles. The minimum atomic E-state index is 0.0347. The van der Waals surface area contributed by atoms with Gasteiger partial charge in [-0.05, 0) is 30.2 Å². The van der Waals surface area contributed by atoms with E-state index in [2.05, 4.69) is 29.6 Å². The summed E-state index contributed by atoms with van der Waals surface area (Å²) in [4.78, 5) is 10.1. The molecule has 3 heteroatoms. The maximum absolute atomic E-state index is 10.1. The van der Waals surface area contributed by atoms with Crippen LogP contribution in [0.15, 0.2) is 48.5 Å². The van der Waals surface area contributed by atoms with Gasteiger partial charge >= 0.3 is 0 Å². The first-order chi connectivity index (χ1) is 8.81. The van der Waals surface area contributed by atoms with Gasteiger partial charge in [-0.2, -0.15) is 0 Å². The first-order valence-electron chi connectivity index (χ1n) is 5.86. The average Bonchev–Trinajstić information content (AvgIpc) is 2.88. The van der Waals surface area contributed by atoms with Gasteiger partial charge in [-0.15, -0.1) is 0 Å². The maximum atomic E-state index is 10.1. The van der Waals surface area contributed by atoms with Crippen LogP contribution in [0, 0.1) is 0 Å². The Morgan fingerprint density at radius 2 is 1.78 bits per heavy atom. The van der Waals surface area contributed by atoms with E-state index in [9.17, 15) is 4.79 Å². The van der Waals surface area contributed by atoms with E-state index in [4.69, 9.17) is 5.11 Å². The van der Waals surface area contributed by atoms with Crippen molar-refractivity contribution in [3.05, 3.63) is 59.7 Å². The van der Waals surface area contributed by atoms with Gasteiger partial charge < -0.3 is 10.4 Å². The van der Waals surface area contributed by atoms with Crippen LogP contribution in [0.3, 0.4) is 0 Å². The number of aromatic hydroxyl groups is 1. The molecule has 3 nitrogen and oxygen atoms in total. The second-order valence-corrected chi connectivity index (χ2v) is 4.01. The van der Waals surface area contributed by atoms with Crippen molar-refractivity contribution in [2.75, 3.05) is 11.9 Å². The van der Waals surface area contributed by atoms with Crippen molar-refractivity contribution in [1.82, 2.24) is 0 Å². The van der Waals surface area contributed by atoms with E-state index < -0.39 is 0 Å². The van der Waals surface area contributed by atoms with Crippen molar-refractivity contribution in [2.45, 2.75) is 6.42 Å². The molecule has 0 atom stereocenters. The smallest absolute Gasteiger partial charge is 0.153 e. The van der Waals surface area contributed by atoms with E-state index in [1.54, 1.807) is 18.2 Å². The molecule has 0 aliphatic carbocycles. The van der Waals surface area contributed by atoms with Crippen LogP contribution in [0.1, 0.15) is 15.9 Å². The summed E-state index contributed by atoms with van der Waals surface area (Å²) >= 11 is 0. The van der Waals surface area contributed by atoms with Crippen LogP contribution in [-0.2, 0) is 6.42 Å². The van der Waals surface area contributed by atoms with Crippen LogP contribution in [0.5, 0.6) is 5.75 Å². The minimum Gasteiger partial charge on any atom is -0.507 e. The van der Waals surface area contributed by atoms with Gasteiger partial charge in [0, 0.05) is 12.2 Å². The monoisotopic (exact) mass is 241 g/mol. The van der Waals surface area contributed by atoms with E-state index in [0.717, 1.165) is 6.54 Å². The number of para-hydroxylation sites is 2. The molecule has 0 aromatic heterocycles. The molecule has 3 rings (SSSR count). The standard InChI is InChI=1S/C8H9N.C7H6O2/c1-2-4-8-7(3-1)5-6-9-8;8-5-6-3-1-2-4-7(6)9/h1-4,9H,5-6H2;1-5,9H. The predicted octanol–water partition coefficient (Wildman–Crippen LogP) is 2.86. The highest BCUT2D eigenvalue weighted by Gasteiger charge is 2.05. The number of hydrogen-bond acceptors (Lipinski definition) is 3. The first-order valence-corrected chi connectivity index (χ1v) is 5.86. The quantitative estimate of drug-likeness (QED) is 0.755. The van der Waals surface area contributed by atoms with Crippen molar-refractivity contribution in [1.29, 1.82) is 0 Å². The number of benzene rings is 2. The molecule has 0 fully saturated rings. The van der Waals surface area contributed by atoms with Gasteiger partial charge in [0.05, 0.1) is 5.56 Å². The molecule has 18 heavy (non-hydrogen) atoms. The molecule has 2 aromatic carbocycles. The predicted molar refractivity (Wildman–Crippen MR) is 72.1 cm³/mol. The molecule has 0 unspecified atom stereocenters. The highest BCUT2D eigenvalue weighted by molar-refractivity contribution is 5.78. The Morgan fingerprint density at radius 1 is 1.06 bits per heavy atom. The number of rotatable bonds is 1. The van der Waals surface area contributed by atoms with Gasteiger partial charge in [-0.25, -0.2) is 0 Å². The lowest BCUT2D eigenvalue weighted by Crippen LogP contribution is -1.90. The van der Waals surface area contributed by atoms with Crippen LogP contribution in [0.2, 0.25) is 0 Å². The molecule has 0 radical (unpaired) electrons. The molecule has 2 aromatic rings. The van der Waals surface area contributed by atoms with Crippen LogP contribution >= 0.6 is 0 Å². The van der Waals surface area contributed by atoms with Crippen molar-refractivity contribution in [2.24, 2.45) is 0 Å². The number of aldehydes is 1. The number of nitrogens with one attached hydrogen (secondary N) is 1. The van der Waals surface area contributed by atoms with E-state index in [-0.39, 0.29) is 5.75 Å². The Balaban J connectivity index is 0.000000134. The first kappa shape index (κ1) is 12.2. The third-order valence-electron chi connectivity index (χ3n) is 2.79. The van der Waals surface area contributed by atoms with Crippen molar-refractivity contribution in [3.8, 4) is 5.75 Å². The zero-order chi connectivity index (χ0) is 12.8. The molecule has 0 amide bonds. The normalized spacial score (nSPS) is 11.8. The van der Waals surface area contributed by atoms with E-state index >= 15 is 0 Å². The summed E-state index contributed by atoms with van der Waals surface area (Å²) in [5.41, 5.74) is 3.10. The molecular weight excluding hydrogens is 226 g/mol. The Bertz CT molecular complexity index is 515. The fraction of sp³-hybridized carbons (Fsp3) is 0.133. The topological polar surface area (TPSA) is 49.3 Å². The number of carbonyl (C=O) groups is 1. The second-order valence-electron chi connectivity index (χ2n) is 4.01. The van der Waals surface area contributed by atoms with E-state index in [1.807, 2.05) is 0 Å². The Hall–Kier alpha value is -2.29. The lowest BCUT2D eigenvalue weighted by molar-refractivity contribution is 0.112. The number of carbonyl (C=O) groups excluding carboxylic acids is 1. The SMILES string of the molecule is O=Cc1ccccc1O.c1ccc2c(c1)CCN2. The highest BCUT2D eigenvalue weighted by atomic mass is 16.3. The van der Waals surface area contributed by atoms with E-state index in [1.165, 1.54) is 23.7 Å². The zero-order valence-electron chi connectivity index (χ0n) is 9.97. The highest BCUT2D eigenvalue weighted by Crippen LogP contribution is 2.19. The fourth-order valence-electron chi connectivity index (χ4n) is 1.83. The molecule has 1 aliphatic rings. The molecule has 2 N–H and O–H groups in total. The van der Waals surface area contributed by atoms with Gasteiger partial charge in [-0.1, -0.05) is 30.3 Å². The number of phenols is 1. The number of anilines is 1. The van der Waals surface area contributed by atoms with Crippen LogP contribution in [0.25, 0.3) is 0 Å². The van der Waals surface area contributed by atoms with E-state index in [0.29, 0.717) is 11.8 Å². The lowest BCUT2D eigenvalue weighted by Gasteiger charge is -1.94. The molecular formula is C15H15NO2. The van der Waals surface area contributed by atoms with Crippen molar-refractivity contribution < 1.29 is 9.90 Å². The fourth-order valence-corrected chi connectivity index (χ4v) is 1.83. The lowest BCUT2D eigenvalue weighted by atomic mass is 10.2. The molecule has 1 aliphatic heterocycles. The Kier molecular flexibility index (Phi) is 3.97. The van der Waals surface area contributed by atoms with Crippen molar-refractivity contribution in [3.63, 3.8) is 0 Å². The van der Waals surface area contributed by atoms with Crippen LogP contribution in [0.4, 0.5) is 5.69 Å². The van der Waals surface area contributed by atoms with Gasteiger partial charge in [-0.3, -0.25) is 4.79 Å². The van der Waals surface area contributed by atoms with Crippen LogP contribution < -0.4 is 5.32 Å². The molecule has 0 spiro atoms. The number of fused-ring (bicyclic) bond motifs is 1. The third kappa shape index (κ3) is 2.88. The molecule has 1 heterocycles. The number of hydrogen-bond donors (Lipinski definition) is 2. The molecule has 92 valence electrons. The Labute approximate surface area is 106 Å². The average molecular weight is 241 g/mol. The summed E-state index contributed by atoms with van der Waals surface area (Å²) in [6, 6.07) is 14.9. The number of phenolic OH excluding ortho intramolecular Hbond substituents is 1. The Morgan fingerprint density at radius 3 is 2.44 bits per heavy atom. The largest absolute Gasteiger partial charge is 0.507 e. The van der Waals surface area contributed by atoms with Crippen molar-refractivity contribution >= 4 is 12.0 Å². The summed E-state index contributed by atoms with van der Waals surface area (Å²) < 4.78 is 0. The maximum Gasteiger partial charge on any atom is 0.153 e. The zero-order valence-corrected chi connectivity index (χ0v) is 9.97. The molecule has 0 bridgehead atoms. The summed E-state index contributed by atoms with van der Waals surface area (Å²) in [6.07, 6.45) is 1.81. The summed E-state index contributed by atoms with van der Waals surface area (Å²) in [5, 5.41) is 12.2. The van der Waals surface area contributed by atoms with Gasteiger partial charge in [0.2, 0.25) is 0 Å². The second kappa shape index (κ2) is 5.87. The third-order valence-corrected chi connectivity index (χ3v) is 2.79. The minimum absolute atomic E-state index is 0.0347. The summed E-state index contributed by atoms with van der Waals surface area (Å²) in [5.74, 6) is 0.0347. The van der Waals surface area contributed by atoms with Crippen LogP contribution in [-0.4, -0.2) is 17.9 Å². The molecule has 0 saturated carbocycles. The van der Waals surface area contributed by atoms with Gasteiger partial charge in [0.1, 0.15) is 5.75 Å². The van der Waals surface area contributed by atoms with Gasteiger partial charge in [0.25, 0.3) is 0 Å². The van der Waals surface area contributed by atoms with Gasteiger partial charge in [0.15, 0.2) is 6.29 Å². The summed E-state index contributed by atoms with van der Waals surface area (Å²) in [6.45, 7) is 1.11.